The van der Waals surface area contributed by atoms with E-state index in [0.717, 1.165) is 17.7 Å². The molecular formula is C34H37NO10. The van der Waals surface area contributed by atoms with Crippen molar-refractivity contribution in [2.45, 2.75) is 63.3 Å². The summed E-state index contributed by atoms with van der Waals surface area (Å²) in [5.74, 6) is -0.736. The Labute approximate surface area is 259 Å². The van der Waals surface area contributed by atoms with Crippen molar-refractivity contribution in [1.82, 2.24) is 4.98 Å². The Balaban J connectivity index is 1.37. The van der Waals surface area contributed by atoms with Gasteiger partial charge in [-0.15, -0.1) is 0 Å². The number of aryl methyl sites for hydroxylation is 3. The van der Waals surface area contributed by atoms with Gasteiger partial charge < -0.3 is 44.7 Å². The molecule has 1 aliphatic heterocycles. The summed E-state index contributed by atoms with van der Waals surface area (Å²) in [5.41, 5.74) is 2.95. The van der Waals surface area contributed by atoms with E-state index in [1.807, 2.05) is 30.3 Å². The molecule has 2 heterocycles. The predicted molar refractivity (Wildman–Crippen MR) is 164 cm³/mol. The number of benzene rings is 3. The van der Waals surface area contributed by atoms with E-state index in [0.29, 0.717) is 28.7 Å². The highest BCUT2D eigenvalue weighted by molar-refractivity contribution is 6.09. The molecule has 11 nitrogen and oxygen atoms in total. The molecule has 45 heavy (non-hydrogen) atoms. The largest absolute Gasteiger partial charge is 0.506 e. The average molecular weight is 620 g/mol. The third-order valence-corrected chi connectivity index (χ3v) is 8.17. The Morgan fingerprint density at radius 3 is 2.38 bits per heavy atom. The highest BCUT2D eigenvalue weighted by Crippen LogP contribution is 2.42. The van der Waals surface area contributed by atoms with Crippen molar-refractivity contribution < 1.29 is 49.3 Å². The fourth-order valence-electron chi connectivity index (χ4n) is 5.72. The smallest absolute Gasteiger partial charge is 0.229 e. The van der Waals surface area contributed by atoms with Gasteiger partial charge in [-0.05, 0) is 48.4 Å². The number of carbonyl (C=O) groups is 2. The molecule has 1 aliphatic rings. The standard InChI is InChI=1S/C34H37NO10/c1-18-14-20-15-21(43-2)16-26(44-34-33(42)32(41)30(39)27(17-36)45-34)29(20)31(40)28(18)25(38)11-10-24(37)22-12-13-35-23(22)9-8-19-6-4-3-5-7-19/h3-7,12-16,27,30,32-36,39-42H,8-11,17H2,1-2H3. The monoisotopic (exact) mass is 619 g/mol. The Bertz CT molecular complexity index is 1660. The first kappa shape index (κ1) is 32.1. The summed E-state index contributed by atoms with van der Waals surface area (Å²) in [7, 11) is 1.43. The Morgan fingerprint density at radius 2 is 1.67 bits per heavy atom. The number of fused-ring (bicyclic) bond motifs is 1. The zero-order valence-electron chi connectivity index (χ0n) is 25.0. The van der Waals surface area contributed by atoms with Gasteiger partial charge in [0.2, 0.25) is 6.29 Å². The van der Waals surface area contributed by atoms with Gasteiger partial charge in [-0.2, -0.15) is 0 Å². The Hall–Kier alpha value is -4.26. The number of aromatic hydroxyl groups is 1. The molecule has 1 fully saturated rings. The van der Waals surface area contributed by atoms with Crippen molar-refractivity contribution in [1.29, 1.82) is 0 Å². The van der Waals surface area contributed by atoms with E-state index in [1.54, 1.807) is 31.3 Å². The number of carbonyl (C=O) groups excluding carboxylic acids is 2. The molecule has 238 valence electrons. The first-order chi connectivity index (χ1) is 21.6. The summed E-state index contributed by atoms with van der Waals surface area (Å²) in [4.78, 5) is 29.8. The Morgan fingerprint density at radius 1 is 0.933 bits per heavy atom. The number of ether oxygens (including phenoxy) is 3. The molecule has 1 aromatic heterocycles. The van der Waals surface area contributed by atoms with E-state index in [-0.39, 0.29) is 35.3 Å². The van der Waals surface area contributed by atoms with Crippen LogP contribution >= 0.6 is 0 Å². The normalized spacial score (nSPS) is 21.5. The van der Waals surface area contributed by atoms with Crippen molar-refractivity contribution in [2.75, 3.05) is 13.7 Å². The number of aromatic amines is 1. The number of Topliss-reactive ketones (excluding diaryl/α,β-unsaturated/α-hetero) is 2. The van der Waals surface area contributed by atoms with E-state index in [4.69, 9.17) is 14.2 Å². The number of nitrogens with one attached hydrogen (secondary N) is 1. The zero-order valence-corrected chi connectivity index (χ0v) is 25.0. The van der Waals surface area contributed by atoms with E-state index >= 15 is 0 Å². The fraction of sp³-hybridized carbons (Fsp3) is 0.353. The lowest BCUT2D eigenvalue weighted by atomic mass is 9.93. The third-order valence-electron chi connectivity index (χ3n) is 8.17. The quantitative estimate of drug-likeness (QED) is 0.129. The lowest BCUT2D eigenvalue weighted by Gasteiger charge is -2.39. The van der Waals surface area contributed by atoms with E-state index in [1.165, 1.54) is 13.2 Å². The maximum absolute atomic E-state index is 13.5. The highest BCUT2D eigenvalue weighted by Gasteiger charge is 2.45. The average Bonchev–Trinajstić information content (AvgIpc) is 3.51. The number of phenolic OH excluding ortho intramolecular Hbond substituents is 1. The molecule has 5 unspecified atom stereocenters. The van der Waals surface area contributed by atoms with Crippen LogP contribution in [0.3, 0.4) is 0 Å². The summed E-state index contributed by atoms with van der Waals surface area (Å²) >= 11 is 0. The highest BCUT2D eigenvalue weighted by atomic mass is 16.7. The van der Waals surface area contributed by atoms with Crippen LogP contribution in [0.15, 0.2) is 60.8 Å². The second kappa shape index (κ2) is 13.8. The maximum Gasteiger partial charge on any atom is 0.229 e. The minimum Gasteiger partial charge on any atom is -0.506 e. The first-order valence-electron chi connectivity index (χ1n) is 14.7. The summed E-state index contributed by atoms with van der Waals surface area (Å²) in [6.07, 6.45) is -4.83. The molecule has 11 heteroatoms. The molecule has 0 amide bonds. The zero-order chi connectivity index (χ0) is 32.2. The van der Waals surface area contributed by atoms with Gasteiger partial charge in [0.1, 0.15) is 41.7 Å². The second-order valence-corrected chi connectivity index (χ2v) is 11.2. The van der Waals surface area contributed by atoms with Gasteiger partial charge >= 0.3 is 0 Å². The number of aliphatic hydroxyl groups is 4. The molecule has 0 aliphatic carbocycles. The third kappa shape index (κ3) is 6.73. The van der Waals surface area contributed by atoms with E-state index in [9.17, 15) is 35.1 Å². The number of phenols is 1. The minimum absolute atomic E-state index is 0.0116. The fourth-order valence-corrected chi connectivity index (χ4v) is 5.72. The summed E-state index contributed by atoms with van der Waals surface area (Å²) < 4.78 is 16.7. The van der Waals surface area contributed by atoms with Gasteiger partial charge in [-0.1, -0.05) is 36.4 Å². The van der Waals surface area contributed by atoms with Crippen LogP contribution in [0.2, 0.25) is 0 Å². The summed E-state index contributed by atoms with van der Waals surface area (Å²) in [5, 5.41) is 52.4. The van der Waals surface area contributed by atoms with Crippen LogP contribution in [0.5, 0.6) is 17.2 Å². The van der Waals surface area contributed by atoms with Crippen LogP contribution in [-0.2, 0) is 17.6 Å². The van der Waals surface area contributed by atoms with Crippen molar-refractivity contribution in [2.24, 2.45) is 0 Å². The number of ketones is 2. The number of hydrogen-bond acceptors (Lipinski definition) is 10. The van der Waals surface area contributed by atoms with Crippen LogP contribution < -0.4 is 9.47 Å². The molecule has 5 rings (SSSR count). The number of aliphatic hydroxyl groups excluding tert-OH is 4. The molecule has 1 saturated heterocycles. The molecule has 0 radical (unpaired) electrons. The molecule has 4 aromatic rings. The van der Waals surface area contributed by atoms with Crippen molar-refractivity contribution >= 4 is 22.3 Å². The van der Waals surface area contributed by atoms with Crippen molar-refractivity contribution in [3.63, 3.8) is 0 Å². The van der Waals surface area contributed by atoms with Gasteiger partial charge in [-0.25, -0.2) is 0 Å². The number of H-pyrrole nitrogens is 1. The molecular weight excluding hydrogens is 582 g/mol. The summed E-state index contributed by atoms with van der Waals surface area (Å²) in [6.45, 7) is 1.02. The number of rotatable bonds is 12. The maximum atomic E-state index is 13.5. The first-order valence-corrected chi connectivity index (χ1v) is 14.7. The number of hydrogen-bond donors (Lipinski definition) is 6. The van der Waals surface area contributed by atoms with E-state index < -0.39 is 48.8 Å². The second-order valence-electron chi connectivity index (χ2n) is 11.2. The topological polar surface area (TPSA) is 179 Å². The number of methoxy groups -OCH3 is 1. The van der Waals surface area contributed by atoms with Gasteiger partial charge in [0, 0.05) is 36.4 Å². The van der Waals surface area contributed by atoms with Gasteiger partial charge in [0.05, 0.1) is 24.7 Å². The van der Waals surface area contributed by atoms with Gasteiger partial charge in [0.25, 0.3) is 0 Å². The molecule has 0 spiro atoms. The molecule has 0 bridgehead atoms. The van der Waals surface area contributed by atoms with Crippen LogP contribution in [0.4, 0.5) is 0 Å². The number of aromatic nitrogens is 1. The molecule has 5 atom stereocenters. The molecule has 3 aromatic carbocycles. The van der Waals surface area contributed by atoms with Gasteiger partial charge in [0.15, 0.2) is 11.6 Å². The minimum atomic E-state index is -1.70. The molecule has 6 N–H and O–H groups in total. The Kier molecular flexibility index (Phi) is 9.86. The van der Waals surface area contributed by atoms with Crippen molar-refractivity contribution in [3.05, 3.63) is 88.7 Å². The SMILES string of the molecule is COc1cc(OC2OC(CO)C(O)C(O)C2O)c2c(O)c(C(=O)CCC(=O)c3cc[nH]c3CCc3ccccc3)c(C)cc2c1. The summed E-state index contributed by atoms with van der Waals surface area (Å²) in [6, 6.07) is 16.4. The predicted octanol–water partition coefficient (Wildman–Crippen LogP) is 3.00. The van der Waals surface area contributed by atoms with Gasteiger partial charge in [-0.3, -0.25) is 9.59 Å². The molecule has 0 saturated carbocycles. The van der Waals surface area contributed by atoms with E-state index in [2.05, 4.69) is 4.98 Å². The van der Waals surface area contributed by atoms with Crippen molar-refractivity contribution in [3.8, 4) is 17.2 Å². The van der Waals surface area contributed by atoms with Crippen LogP contribution in [0.25, 0.3) is 10.8 Å². The lowest BCUT2D eigenvalue weighted by Crippen LogP contribution is -2.60. The van der Waals surface area contributed by atoms with Crippen LogP contribution in [0.1, 0.15) is 50.4 Å². The van der Waals surface area contributed by atoms with Crippen LogP contribution in [-0.4, -0.2) is 86.5 Å². The van der Waals surface area contributed by atoms with Crippen LogP contribution in [0, 0.1) is 6.92 Å². The lowest BCUT2D eigenvalue weighted by molar-refractivity contribution is -0.277.